The van der Waals surface area contributed by atoms with Crippen LogP contribution < -0.4 is 5.73 Å². The normalized spacial score (nSPS) is 21.7. The first-order valence-corrected chi connectivity index (χ1v) is 7.52. The zero-order chi connectivity index (χ0) is 16.4. The molecule has 4 nitrogen and oxygen atoms in total. The van der Waals surface area contributed by atoms with E-state index in [2.05, 4.69) is 22.1 Å². The average Bonchev–Trinajstić information content (AvgIpc) is 3.05. The standard InChI is InChI=1S/C16H19F3N4.ClH/c17-16(18,19)11-23-8-12(6-21-23)7-22-9-14(15(20)10-22)13-4-2-1-3-5-13;/h1-6,8,14-15H,7,9-11,20H2;1H/t14-,15+;/m0./s1. The van der Waals surface area contributed by atoms with Crippen molar-refractivity contribution in [3.8, 4) is 0 Å². The lowest BCUT2D eigenvalue weighted by Gasteiger charge is -2.15. The lowest BCUT2D eigenvalue weighted by atomic mass is 9.95. The van der Waals surface area contributed by atoms with Crippen molar-refractivity contribution in [3.05, 3.63) is 53.9 Å². The second-order valence-corrected chi connectivity index (χ2v) is 6.04. The van der Waals surface area contributed by atoms with Crippen molar-refractivity contribution in [3.63, 3.8) is 0 Å². The minimum atomic E-state index is -4.25. The molecular weight excluding hydrogens is 341 g/mol. The van der Waals surface area contributed by atoms with Gasteiger partial charge in [-0.05, 0) is 5.56 Å². The molecule has 1 aliphatic heterocycles. The maximum Gasteiger partial charge on any atom is 0.408 e. The summed E-state index contributed by atoms with van der Waals surface area (Å²) < 4.78 is 38.0. The van der Waals surface area contributed by atoms with Crippen molar-refractivity contribution in [1.82, 2.24) is 14.7 Å². The van der Waals surface area contributed by atoms with Crippen LogP contribution in [0.3, 0.4) is 0 Å². The number of likely N-dealkylation sites (tertiary alicyclic amines) is 1. The van der Waals surface area contributed by atoms with Crippen LogP contribution in [0.2, 0.25) is 0 Å². The second kappa shape index (κ2) is 7.55. The Morgan fingerprint density at radius 1 is 1.17 bits per heavy atom. The fourth-order valence-corrected chi connectivity index (χ4v) is 3.11. The summed E-state index contributed by atoms with van der Waals surface area (Å²) in [6.07, 6.45) is -1.31. The monoisotopic (exact) mass is 360 g/mol. The topological polar surface area (TPSA) is 47.1 Å². The van der Waals surface area contributed by atoms with Crippen LogP contribution in [-0.2, 0) is 13.1 Å². The number of aromatic nitrogens is 2. The Morgan fingerprint density at radius 3 is 2.54 bits per heavy atom. The first kappa shape index (κ1) is 18.8. The van der Waals surface area contributed by atoms with Gasteiger partial charge in [-0.2, -0.15) is 18.3 Å². The Labute approximate surface area is 144 Å². The Kier molecular flexibility index (Phi) is 5.90. The number of alkyl halides is 3. The van der Waals surface area contributed by atoms with Crippen LogP contribution >= 0.6 is 12.4 Å². The largest absolute Gasteiger partial charge is 0.408 e. The van der Waals surface area contributed by atoms with Crippen LogP contribution in [0.15, 0.2) is 42.7 Å². The van der Waals surface area contributed by atoms with Gasteiger partial charge < -0.3 is 5.73 Å². The summed E-state index contributed by atoms with van der Waals surface area (Å²) in [5, 5.41) is 3.78. The molecular formula is C16H20ClF3N4. The maximum absolute atomic E-state index is 12.4. The van der Waals surface area contributed by atoms with Crippen molar-refractivity contribution in [2.75, 3.05) is 13.1 Å². The van der Waals surface area contributed by atoms with E-state index in [4.69, 9.17) is 5.73 Å². The quantitative estimate of drug-likeness (QED) is 0.912. The number of halogens is 4. The number of benzene rings is 1. The van der Waals surface area contributed by atoms with Crippen LogP contribution in [0.25, 0.3) is 0 Å². The van der Waals surface area contributed by atoms with Gasteiger partial charge in [-0.3, -0.25) is 9.58 Å². The average molecular weight is 361 g/mol. The third-order valence-corrected chi connectivity index (χ3v) is 4.10. The van der Waals surface area contributed by atoms with E-state index < -0.39 is 12.7 Å². The molecule has 1 fully saturated rings. The Balaban J connectivity index is 0.00000208. The van der Waals surface area contributed by atoms with E-state index in [1.807, 2.05) is 18.2 Å². The summed E-state index contributed by atoms with van der Waals surface area (Å²) in [5.41, 5.74) is 8.21. The highest BCUT2D eigenvalue weighted by Gasteiger charge is 2.32. The molecule has 3 rings (SSSR count). The summed E-state index contributed by atoms with van der Waals surface area (Å²) >= 11 is 0. The van der Waals surface area contributed by atoms with Crippen LogP contribution in [0.4, 0.5) is 13.2 Å². The molecule has 8 heteroatoms. The van der Waals surface area contributed by atoms with E-state index in [9.17, 15) is 13.2 Å². The molecule has 0 bridgehead atoms. The van der Waals surface area contributed by atoms with Crippen LogP contribution in [0, 0.1) is 0 Å². The van der Waals surface area contributed by atoms with E-state index in [0.29, 0.717) is 6.54 Å². The maximum atomic E-state index is 12.4. The molecule has 0 saturated carbocycles. The summed E-state index contributed by atoms with van der Waals surface area (Å²) in [6, 6.07) is 10.1. The van der Waals surface area contributed by atoms with Gasteiger partial charge in [0.25, 0.3) is 0 Å². The molecule has 1 saturated heterocycles. The van der Waals surface area contributed by atoms with Gasteiger partial charge in [0.05, 0.1) is 6.20 Å². The van der Waals surface area contributed by atoms with E-state index in [-0.39, 0.29) is 24.4 Å². The summed E-state index contributed by atoms with van der Waals surface area (Å²) in [4.78, 5) is 2.16. The predicted molar refractivity (Wildman–Crippen MR) is 88.0 cm³/mol. The molecule has 2 aromatic rings. The molecule has 0 unspecified atom stereocenters. The number of hydrogen-bond acceptors (Lipinski definition) is 3. The summed E-state index contributed by atoms with van der Waals surface area (Å²) in [7, 11) is 0. The molecule has 1 aromatic heterocycles. The summed E-state index contributed by atoms with van der Waals surface area (Å²) in [5.74, 6) is 0.251. The van der Waals surface area contributed by atoms with E-state index in [0.717, 1.165) is 23.3 Å². The zero-order valence-electron chi connectivity index (χ0n) is 13.0. The predicted octanol–water partition coefficient (Wildman–Crippen LogP) is 2.79. The minimum Gasteiger partial charge on any atom is -0.326 e. The SMILES string of the molecule is Cl.N[C@@H]1CN(Cc2cnn(CC(F)(F)F)c2)C[C@H]1c1ccccc1. The second-order valence-electron chi connectivity index (χ2n) is 6.04. The van der Waals surface area contributed by atoms with Gasteiger partial charge in [-0.25, -0.2) is 0 Å². The van der Waals surface area contributed by atoms with E-state index >= 15 is 0 Å². The van der Waals surface area contributed by atoms with Crippen molar-refractivity contribution in [2.24, 2.45) is 5.73 Å². The molecule has 132 valence electrons. The van der Waals surface area contributed by atoms with Crippen LogP contribution in [-0.4, -0.2) is 40.0 Å². The Morgan fingerprint density at radius 2 is 1.88 bits per heavy atom. The van der Waals surface area contributed by atoms with Crippen LogP contribution in [0.5, 0.6) is 0 Å². The third kappa shape index (κ3) is 4.72. The van der Waals surface area contributed by atoms with Gasteiger partial charge >= 0.3 is 6.18 Å². The lowest BCUT2D eigenvalue weighted by molar-refractivity contribution is -0.142. The zero-order valence-corrected chi connectivity index (χ0v) is 13.8. The van der Waals surface area contributed by atoms with Gasteiger partial charge in [0, 0.05) is 43.4 Å². The molecule has 2 N–H and O–H groups in total. The van der Waals surface area contributed by atoms with E-state index in [1.54, 1.807) is 0 Å². The van der Waals surface area contributed by atoms with Crippen LogP contribution in [0.1, 0.15) is 17.0 Å². The van der Waals surface area contributed by atoms with Gasteiger partial charge in [0.2, 0.25) is 0 Å². The first-order valence-electron chi connectivity index (χ1n) is 7.52. The first-order chi connectivity index (χ1) is 10.9. The van der Waals surface area contributed by atoms with Gasteiger partial charge in [0.1, 0.15) is 6.54 Å². The molecule has 2 atom stereocenters. The minimum absolute atomic E-state index is 0. The molecule has 0 amide bonds. The summed E-state index contributed by atoms with van der Waals surface area (Å²) in [6.45, 7) is 1.04. The van der Waals surface area contributed by atoms with Crippen molar-refractivity contribution >= 4 is 12.4 Å². The van der Waals surface area contributed by atoms with Crippen molar-refractivity contribution < 1.29 is 13.2 Å². The molecule has 0 spiro atoms. The molecule has 0 radical (unpaired) electrons. The Hall–Kier alpha value is -1.57. The van der Waals surface area contributed by atoms with Gasteiger partial charge in [-0.1, -0.05) is 30.3 Å². The number of nitrogens with zero attached hydrogens (tertiary/aromatic N) is 3. The highest BCUT2D eigenvalue weighted by molar-refractivity contribution is 5.85. The van der Waals surface area contributed by atoms with Crippen molar-refractivity contribution in [1.29, 1.82) is 0 Å². The molecule has 2 heterocycles. The van der Waals surface area contributed by atoms with Gasteiger partial charge in [-0.15, -0.1) is 12.4 Å². The molecule has 1 aliphatic rings. The molecule has 0 aliphatic carbocycles. The number of hydrogen-bond donors (Lipinski definition) is 1. The third-order valence-electron chi connectivity index (χ3n) is 4.10. The smallest absolute Gasteiger partial charge is 0.326 e. The molecule has 1 aromatic carbocycles. The number of rotatable bonds is 4. The highest BCUT2D eigenvalue weighted by Crippen LogP contribution is 2.27. The number of nitrogens with two attached hydrogens (primary N) is 1. The fraction of sp³-hybridized carbons (Fsp3) is 0.438. The lowest BCUT2D eigenvalue weighted by Crippen LogP contribution is -2.28. The highest BCUT2D eigenvalue weighted by atomic mass is 35.5. The van der Waals surface area contributed by atoms with E-state index in [1.165, 1.54) is 18.0 Å². The Bertz CT molecular complexity index is 644. The van der Waals surface area contributed by atoms with Crippen molar-refractivity contribution in [2.45, 2.75) is 31.2 Å². The fourth-order valence-electron chi connectivity index (χ4n) is 3.11. The van der Waals surface area contributed by atoms with Gasteiger partial charge in [0.15, 0.2) is 0 Å². The molecule has 24 heavy (non-hydrogen) atoms.